The van der Waals surface area contributed by atoms with Gasteiger partial charge in [-0.15, -0.1) is 0 Å². The van der Waals surface area contributed by atoms with E-state index in [0.29, 0.717) is 5.82 Å². The lowest BCUT2D eigenvalue weighted by atomic mass is 9.80. The molecule has 0 atom stereocenters. The minimum Gasteiger partial charge on any atom is -0.309 e. The summed E-state index contributed by atoms with van der Waals surface area (Å²) >= 11 is 0. The average Bonchev–Trinajstić information content (AvgIpc) is 3.90. The van der Waals surface area contributed by atoms with E-state index >= 15 is 0 Å². The van der Waals surface area contributed by atoms with Crippen molar-refractivity contribution in [3.63, 3.8) is 0 Å². The van der Waals surface area contributed by atoms with Gasteiger partial charge in [-0.05, 0) is 71.3 Å². The number of hydrogen-bond donors (Lipinski definition) is 0. The predicted molar refractivity (Wildman–Crippen MR) is 245 cm³/mol. The average molecular weight is 755 g/mol. The zero-order valence-electron chi connectivity index (χ0n) is 32.8. The summed E-state index contributed by atoms with van der Waals surface area (Å²) in [5, 5.41) is 5.10. The van der Waals surface area contributed by atoms with E-state index in [2.05, 4.69) is 205 Å². The molecule has 0 spiro atoms. The van der Waals surface area contributed by atoms with Crippen LogP contribution in [0.25, 0.3) is 100 Å². The molecular weight excluding hydrogens is 717 g/mol. The maximum absolute atomic E-state index is 5.15. The Kier molecular flexibility index (Phi) is 7.24. The van der Waals surface area contributed by atoms with Gasteiger partial charge >= 0.3 is 0 Å². The van der Waals surface area contributed by atoms with Crippen molar-refractivity contribution in [1.29, 1.82) is 0 Å². The van der Waals surface area contributed by atoms with E-state index in [-0.39, 0.29) is 5.41 Å². The molecule has 12 rings (SSSR count). The first kappa shape index (κ1) is 33.6. The number of aromatic nitrogens is 4. The fraction of sp³-hybridized carbons (Fsp3) is 0.0545. The van der Waals surface area contributed by atoms with Crippen LogP contribution in [-0.4, -0.2) is 19.1 Å². The summed E-state index contributed by atoms with van der Waals surface area (Å²) in [5.41, 5.74) is 17.1. The first-order valence-electron chi connectivity index (χ1n) is 20.3. The molecule has 0 N–H and O–H groups in total. The third-order valence-corrected chi connectivity index (χ3v) is 12.5. The van der Waals surface area contributed by atoms with E-state index in [1.165, 1.54) is 65.9 Å². The molecule has 0 fully saturated rings. The summed E-state index contributed by atoms with van der Waals surface area (Å²) in [6.45, 7) is 4.82. The molecule has 0 aliphatic heterocycles. The van der Waals surface area contributed by atoms with Crippen molar-refractivity contribution < 1.29 is 0 Å². The molecule has 59 heavy (non-hydrogen) atoms. The maximum Gasteiger partial charge on any atom is 0.160 e. The van der Waals surface area contributed by atoms with Gasteiger partial charge in [0.05, 0.1) is 33.5 Å². The quantitative estimate of drug-likeness (QED) is 0.175. The van der Waals surface area contributed by atoms with Gasteiger partial charge in [0.25, 0.3) is 0 Å². The lowest BCUT2D eigenvalue weighted by molar-refractivity contribution is 0.667. The number of para-hydroxylation sites is 3. The largest absolute Gasteiger partial charge is 0.309 e. The van der Waals surface area contributed by atoms with Crippen molar-refractivity contribution in [1.82, 2.24) is 19.1 Å². The molecule has 0 bridgehead atoms. The van der Waals surface area contributed by atoms with Crippen LogP contribution in [0.4, 0.5) is 0 Å². The molecule has 11 aromatic rings. The second-order valence-corrected chi connectivity index (χ2v) is 16.1. The summed E-state index contributed by atoms with van der Waals surface area (Å²) in [6.07, 6.45) is 0. The molecule has 1 aliphatic rings. The summed E-state index contributed by atoms with van der Waals surface area (Å²) in [7, 11) is 0. The smallest absolute Gasteiger partial charge is 0.160 e. The molecule has 8 aromatic carbocycles. The van der Waals surface area contributed by atoms with E-state index in [1.807, 2.05) is 12.1 Å². The van der Waals surface area contributed by atoms with Gasteiger partial charge in [-0.3, -0.25) is 0 Å². The molecule has 0 amide bonds. The molecule has 3 aromatic heterocycles. The number of nitrogens with zero attached hydrogens (tertiary/aromatic N) is 4. The number of benzene rings is 8. The minimum atomic E-state index is -0.243. The standard InChI is InChI=1S/C55H38N4/c1-55(2)43-27-15-12-24-40(43)48-51(55)49-41-25-13-16-28-46(41)58(38-22-10-5-11-23-38)53(49)50-42-26-14-17-29-47(42)59(52(48)50)39-32-30-37(31-33-39)54-56-44(35-18-6-3-7-19-35)34-45(57-54)36-20-8-4-9-21-36/h3-34H,1-2H3. The highest BCUT2D eigenvalue weighted by Gasteiger charge is 2.41. The van der Waals surface area contributed by atoms with Gasteiger partial charge in [-0.2, -0.15) is 0 Å². The van der Waals surface area contributed by atoms with Crippen LogP contribution < -0.4 is 0 Å². The van der Waals surface area contributed by atoms with Gasteiger partial charge in [-0.25, -0.2) is 9.97 Å². The van der Waals surface area contributed by atoms with Crippen LogP contribution in [0.3, 0.4) is 0 Å². The fourth-order valence-electron chi connectivity index (χ4n) is 9.92. The molecule has 3 heterocycles. The van der Waals surface area contributed by atoms with Gasteiger partial charge in [-0.1, -0.05) is 153 Å². The third kappa shape index (κ3) is 4.90. The van der Waals surface area contributed by atoms with Crippen LogP contribution in [0.15, 0.2) is 194 Å². The molecule has 0 unspecified atom stereocenters. The van der Waals surface area contributed by atoms with Gasteiger partial charge < -0.3 is 9.13 Å². The topological polar surface area (TPSA) is 35.6 Å². The van der Waals surface area contributed by atoms with Crippen LogP contribution >= 0.6 is 0 Å². The predicted octanol–water partition coefficient (Wildman–Crippen LogP) is 14.0. The highest BCUT2D eigenvalue weighted by Crippen LogP contribution is 2.58. The van der Waals surface area contributed by atoms with Crippen molar-refractivity contribution >= 4 is 43.6 Å². The Morgan fingerprint density at radius 2 is 0.915 bits per heavy atom. The minimum absolute atomic E-state index is 0.243. The van der Waals surface area contributed by atoms with Gasteiger partial charge in [0.2, 0.25) is 0 Å². The number of rotatable bonds is 5. The highest BCUT2D eigenvalue weighted by atomic mass is 15.0. The van der Waals surface area contributed by atoms with Crippen LogP contribution in [0.5, 0.6) is 0 Å². The third-order valence-electron chi connectivity index (χ3n) is 12.5. The molecule has 0 radical (unpaired) electrons. The molecule has 278 valence electrons. The van der Waals surface area contributed by atoms with E-state index in [9.17, 15) is 0 Å². The SMILES string of the molecule is CC1(C)c2ccccc2-c2c1c1c3ccccc3n(-c3ccccc3)c1c1c3ccccc3n(-c3ccc(-c4nc(-c5ccccc5)cc(-c5ccccc5)n4)cc3)c21. The highest BCUT2D eigenvalue weighted by molar-refractivity contribution is 6.31. The van der Waals surface area contributed by atoms with E-state index < -0.39 is 0 Å². The lowest BCUT2D eigenvalue weighted by Crippen LogP contribution is -2.15. The van der Waals surface area contributed by atoms with Crippen LogP contribution in [-0.2, 0) is 5.41 Å². The zero-order valence-corrected chi connectivity index (χ0v) is 32.8. The van der Waals surface area contributed by atoms with Crippen LogP contribution in [0, 0.1) is 0 Å². The van der Waals surface area contributed by atoms with Gasteiger partial charge in [0, 0.05) is 60.6 Å². The van der Waals surface area contributed by atoms with Crippen molar-refractivity contribution in [2.75, 3.05) is 0 Å². The van der Waals surface area contributed by atoms with Crippen molar-refractivity contribution in [2.24, 2.45) is 0 Å². The lowest BCUT2D eigenvalue weighted by Gasteiger charge is -2.23. The normalized spacial score (nSPS) is 13.1. The first-order chi connectivity index (χ1) is 29.1. The Bertz CT molecular complexity index is 3370. The van der Waals surface area contributed by atoms with Crippen LogP contribution in [0.1, 0.15) is 25.0 Å². The number of hydrogen-bond acceptors (Lipinski definition) is 2. The summed E-state index contributed by atoms with van der Waals surface area (Å²) in [5.74, 6) is 0.699. The monoisotopic (exact) mass is 754 g/mol. The summed E-state index contributed by atoms with van der Waals surface area (Å²) in [6, 6.07) is 69.5. The Labute approximate surface area is 342 Å². The van der Waals surface area contributed by atoms with Gasteiger partial charge in [0.1, 0.15) is 0 Å². The van der Waals surface area contributed by atoms with Crippen LogP contribution in [0.2, 0.25) is 0 Å². The molecular formula is C55H38N4. The van der Waals surface area contributed by atoms with Crippen molar-refractivity contribution in [3.8, 4) is 56.4 Å². The van der Waals surface area contributed by atoms with E-state index in [4.69, 9.17) is 9.97 Å². The summed E-state index contributed by atoms with van der Waals surface area (Å²) in [4.78, 5) is 10.3. The Hall–Kier alpha value is -7.56. The maximum atomic E-state index is 5.15. The molecule has 0 saturated carbocycles. The Morgan fingerprint density at radius 1 is 0.424 bits per heavy atom. The second-order valence-electron chi connectivity index (χ2n) is 16.1. The first-order valence-corrected chi connectivity index (χ1v) is 20.3. The molecule has 1 aliphatic carbocycles. The van der Waals surface area contributed by atoms with E-state index in [1.54, 1.807) is 0 Å². The molecule has 4 heteroatoms. The van der Waals surface area contributed by atoms with Crippen molar-refractivity contribution in [2.45, 2.75) is 19.3 Å². The molecule has 0 saturated heterocycles. The summed E-state index contributed by atoms with van der Waals surface area (Å²) < 4.78 is 5.02. The second kappa shape index (κ2) is 12.7. The Morgan fingerprint density at radius 3 is 1.54 bits per heavy atom. The van der Waals surface area contributed by atoms with Gasteiger partial charge in [0.15, 0.2) is 5.82 Å². The van der Waals surface area contributed by atoms with Crippen molar-refractivity contribution in [3.05, 3.63) is 205 Å². The number of fused-ring (bicyclic) bond motifs is 12. The van der Waals surface area contributed by atoms with E-state index in [0.717, 1.165) is 39.5 Å². The Balaban J connectivity index is 1.17. The molecule has 4 nitrogen and oxygen atoms in total. The fourth-order valence-corrected chi connectivity index (χ4v) is 9.92. The zero-order chi connectivity index (χ0) is 39.2.